The van der Waals surface area contributed by atoms with E-state index in [4.69, 9.17) is 14.6 Å². The summed E-state index contributed by atoms with van der Waals surface area (Å²) >= 11 is 3.70. The Balaban J connectivity index is 1.71. The molecule has 10 heteroatoms. The Labute approximate surface area is 252 Å². The zero-order chi connectivity index (χ0) is 29.7. The highest BCUT2D eigenvalue weighted by Gasteiger charge is 2.77. The van der Waals surface area contributed by atoms with Crippen molar-refractivity contribution < 1.29 is 29.0 Å². The van der Waals surface area contributed by atoms with E-state index in [1.54, 1.807) is 22.8 Å². The quantitative estimate of drug-likeness (QED) is 0.135. The second-order valence-corrected chi connectivity index (χ2v) is 12.2. The van der Waals surface area contributed by atoms with Gasteiger partial charge in [0.15, 0.2) is 0 Å². The number of rotatable bonds is 15. The standard InChI is InChI=1S/C31H44BrN3O6/c1-5-17-34(22-15-13-21(14-16-22)33(6-2)7-3)29(38)27-31-20-23(32)26(41-31)24(30(39)40-8-4)25(31)28(37)35(27)18-11-9-10-12-19-36/h5,13-16,23-27,36H,1,6-12,17-20H2,2-4H3/t23?,24-,25-,26-,27?,31?/m0/s1. The number of carbonyl (C=O) groups excluding carboxylic acids is 3. The molecule has 3 aliphatic rings. The zero-order valence-corrected chi connectivity index (χ0v) is 26.1. The number of amides is 2. The van der Waals surface area contributed by atoms with Crippen molar-refractivity contribution in [3.63, 3.8) is 0 Å². The Bertz CT molecular complexity index is 1100. The summed E-state index contributed by atoms with van der Waals surface area (Å²) in [7, 11) is 0. The van der Waals surface area contributed by atoms with Gasteiger partial charge in [0.25, 0.3) is 5.91 Å². The molecule has 4 rings (SSSR count). The number of fused-ring (bicyclic) bond motifs is 1. The third-order valence-electron chi connectivity index (χ3n) is 8.76. The maximum Gasteiger partial charge on any atom is 0.312 e. The number of benzene rings is 1. The highest BCUT2D eigenvalue weighted by atomic mass is 79.9. The van der Waals surface area contributed by atoms with Gasteiger partial charge in [-0.25, -0.2) is 0 Å². The first kappa shape index (κ1) is 31.5. The molecule has 1 aromatic carbocycles. The van der Waals surface area contributed by atoms with E-state index in [2.05, 4.69) is 41.3 Å². The predicted molar refractivity (Wildman–Crippen MR) is 162 cm³/mol. The second kappa shape index (κ2) is 13.7. The average molecular weight is 635 g/mol. The van der Waals surface area contributed by atoms with E-state index < -0.39 is 35.6 Å². The largest absolute Gasteiger partial charge is 0.466 e. The summed E-state index contributed by atoms with van der Waals surface area (Å²) in [5.74, 6) is -2.45. The SMILES string of the molecule is C=CCN(C(=O)C1N(CCCCCCO)C(=O)[C@@H]2[C@H](C(=O)OCC)[C@H]3OC12CC3Br)c1ccc(N(CC)CC)cc1. The van der Waals surface area contributed by atoms with Crippen LogP contribution in [-0.2, 0) is 23.9 Å². The molecule has 3 heterocycles. The molecular weight excluding hydrogens is 590 g/mol. The van der Waals surface area contributed by atoms with Crippen molar-refractivity contribution in [1.82, 2.24) is 4.90 Å². The number of esters is 1. The van der Waals surface area contributed by atoms with Crippen LogP contribution in [-0.4, -0.2) is 89.8 Å². The van der Waals surface area contributed by atoms with Crippen molar-refractivity contribution in [1.29, 1.82) is 0 Å². The highest BCUT2D eigenvalue weighted by molar-refractivity contribution is 9.09. The Morgan fingerprint density at radius 2 is 1.80 bits per heavy atom. The number of unbranched alkanes of at least 4 members (excludes halogenated alkanes) is 3. The summed E-state index contributed by atoms with van der Waals surface area (Å²) in [6, 6.07) is 7.00. The maximum atomic E-state index is 14.6. The lowest BCUT2D eigenvalue weighted by Crippen LogP contribution is -2.57. The zero-order valence-electron chi connectivity index (χ0n) is 24.5. The molecule has 0 aromatic heterocycles. The lowest BCUT2D eigenvalue weighted by atomic mass is 9.70. The molecule has 0 aliphatic carbocycles. The van der Waals surface area contributed by atoms with Crippen molar-refractivity contribution in [3.05, 3.63) is 36.9 Å². The number of carbonyl (C=O) groups is 3. The molecule has 1 spiro atoms. The van der Waals surface area contributed by atoms with Crippen LogP contribution in [0.2, 0.25) is 0 Å². The molecular formula is C31H44BrN3O6. The van der Waals surface area contributed by atoms with Gasteiger partial charge in [-0.15, -0.1) is 6.58 Å². The lowest BCUT2D eigenvalue weighted by Gasteiger charge is -2.37. The first-order valence-corrected chi connectivity index (χ1v) is 15.9. The van der Waals surface area contributed by atoms with Crippen molar-refractivity contribution in [3.8, 4) is 0 Å². The molecule has 3 fully saturated rings. The molecule has 0 radical (unpaired) electrons. The number of aliphatic hydroxyl groups is 1. The third kappa shape index (κ3) is 5.79. The molecule has 1 N–H and O–H groups in total. The van der Waals surface area contributed by atoms with Crippen LogP contribution in [0.3, 0.4) is 0 Å². The number of nitrogens with zero attached hydrogens (tertiary/aromatic N) is 3. The van der Waals surface area contributed by atoms with E-state index in [9.17, 15) is 14.4 Å². The maximum absolute atomic E-state index is 14.6. The molecule has 3 saturated heterocycles. The van der Waals surface area contributed by atoms with Crippen LogP contribution in [0, 0.1) is 11.8 Å². The second-order valence-electron chi connectivity index (χ2n) is 11.0. The number of likely N-dealkylation sites (tertiary alicyclic amines) is 1. The molecule has 1 aromatic rings. The summed E-state index contributed by atoms with van der Waals surface area (Å²) < 4.78 is 12.0. The summed E-state index contributed by atoms with van der Waals surface area (Å²) in [6.45, 7) is 12.6. The molecule has 2 bridgehead atoms. The van der Waals surface area contributed by atoms with E-state index in [1.165, 1.54) is 0 Å². The Kier molecular flexibility index (Phi) is 10.5. The number of hydrogen-bond donors (Lipinski definition) is 1. The summed E-state index contributed by atoms with van der Waals surface area (Å²) in [4.78, 5) is 47.3. The van der Waals surface area contributed by atoms with Gasteiger partial charge in [-0.2, -0.15) is 0 Å². The van der Waals surface area contributed by atoms with Crippen molar-refractivity contribution >= 4 is 45.1 Å². The van der Waals surface area contributed by atoms with Gasteiger partial charge in [0.05, 0.1) is 24.5 Å². The van der Waals surface area contributed by atoms with Crippen LogP contribution in [0.15, 0.2) is 36.9 Å². The van der Waals surface area contributed by atoms with E-state index >= 15 is 0 Å². The van der Waals surface area contributed by atoms with Crippen LogP contribution in [0.1, 0.15) is 52.9 Å². The average Bonchev–Trinajstić information content (AvgIpc) is 3.56. The number of anilines is 2. The van der Waals surface area contributed by atoms with E-state index in [1.807, 2.05) is 24.3 Å². The number of hydrogen-bond acceptors (Lipinski definition) is 7. The minimum Gasteiger partial charge on any atom is -0.466 e. The molecule has 41 heavy (non-hydrogen) atoms. The first-order valence-electron chi connectivity index (χ1n) is 15.0. The molecule has 6 atom stereocenters. The minimum atomic E-state index is -1.13. The molecule has 226 valence electrons. The van der Waals surface area contributed by atoms with Crippen LogP contribution in [0.4, 0.5) is 11.4 Å². The Morgan fingerprint density at radius 1 is 1.15 bits per heavy atom. The predicted octanol–water partition coefficient (Wildman–Crippen LogP) is 3.92. The number of aliphatic hydroxyl groups excluding tert-OH is 1. The summed E-state index contributed by atoms with van der Waals surface area (Å²) in [5, 5.41) is 9.17. The molecule has 0 saturated carbocycles. The lowest BCUT2D eigenvalue weighted by molar-refractivity contribution is -0.154. The first-order chi connectivity index (χ1) is 19.8. The van der Waals surface area contributed by atoms with Crippen molar-refractivity contribution in [2.24, 2.45) is 11.8 Å². The Morgan fingerprint density at radius 3 is 2.41 bits per heavy atom. The van der Waals surface area contributed by atoms with Crippen LogP contribution >= 0.6 is 15.9 Å². The van der Waals surface area contributed by atoms with Gasteiger partial charge in [0.2, 0.25) is 5.91 Å². The molecule has 2 amide bonds. The summed E-state index contributed by atoms with van der Waals surface area (Å²) in [6.07, 6.45) is 4.63. The van der Waals surface area contributed by atoms with Crippen LogP contribution in [0.25, 0.3) is 0 Å². The Hall–Kier alpha value is -2.43. The summed E-state index contributed by atoms with van der Waals surface area (Å²) in [5.41, 5.74) is 0.655. The fourth-order valence-corrected chi connectivity index (χ4v) is 7.88. The fraction of sp³-hybridized carbons (Fsp3) is 0.645. The number of ether oxygens (including phenoxy) is 2. The normalized spacial score (nSPS) is 28.1. The van der Waals surface area contributed by atoms with Gasteiger partial charge in [-0.3, -0.25) is 14.4 Å². The van der Waals surface area contributed by atoms with Crippen molar-refractivity contribution in [2.45, 2.75) is 75.4 Å². The topological polar surface area (TPSA) is 99.6 Å². The van der Waals surface area contributed by atoms with Crippen LogP contribution < -0.4 is 9.80 Å². The monoisotopic (exact) mass is 633 g/mol. The van der Waals surface area contributed by atoms with E-state index in [0.717, 1.165) is 31.6 Å². The molecule has 3 aliphatic heterocycles. The number of alkyl halides is 1. The van der Waals surface area contributed by atoms with Gasteiger partial charge in [-0.05, 0) is 64.3 Å². The van der Waals surface area contributed by atoms with Gasteiger partial charge < -0.3 is 29.3 Å². The molecule has 9 nitrogen and oxygen atoms in total. The van der Waals surface area contributed by atoms with Gasteiger partial charge >= 0.3 is 5.97 Å². The van der Waals surface area contributed by atoms with Gasteiger partial charge in [0.1, 0.15) is 11.6 Å². The fourth-order valence-electron chi connectivity index (χ4n) is 6.94. The highest BCUT2D eigenvalue weighted by Crippen LogP contribution is 2.60. The van der Waals surface area contributed by atoms with Gasteiger partial charge in [0, 0.05) is 49.0 Å². The smallest absolute Gasteiger partial charge is 0.312 e. The third-order valence-corrected chi connectivity index (χ3v) is 9.60. The van der Waals surface area contributed by atoms with E-state index in [0.29, 0.717) is 31.5 Å². The van der Waals surface area contributed by atoms with Crippen molar-refractivity contribution in [2.75, 3.05) is 49.2 Å². The van der Waals surface area contributed by atoms with Crippen LogP contribution in [0.5, 0.6) is 0 Å². The van der Waals surface area contributed by atoms with Gasteiger partial charge in [-0.1, -0.05) is 34.8 Å². The number of halogens is 1. The molecule has 3 unspecified atom stereocenters. The van der Waals surface area contributed by atoms with E-state index in [-0.39, 0.29) is 36.4 Å². The minimum absolute atomic E-state index is 0.127.